The third kappa shape index (κ3) is 3.46. The summed E-state index contributed by atoms with van der Waals surface area (Å²) in [5, 5.41) is 0.190. The molecule has 0 fully saturated rings. The van der Waals surface area contributed by atoms with E-state index in [0.717, 1.165) is 0 Å². The average Bonchev–Trinajstić information content (AvgIpc) is 2.29. The van der Waals surface area contributed by atoms with Crippen molar-refractivity contribution in [1.82, 2.24) is 4.72 Å². The number of hydrogen-bond acceptors (Lipinski definition) is 2. The van der Waals surface area contributed by atoms with Gasteiger partial charge in [-0.1, -0.05) is 46.3 Å². The Labute approximate surface area is 107 Å². The number of halogens is 3. The van der Waals surface area contributed by atoms with E-state index in [1.165, 1.54) is 6.92 Å². The smallest absolute Gasteiger partial charge is 0.206 e. The van der Waals surface area contributed by atoms with Gasteiger partial charge in [-0.3, -0.25) is 0 Å². The topological polar surface area (TPSA) is 46.2 Å². The first-order valence-corrected chi connectivity index (χ1v) is 7.41. The van der Waals surface area contributed by atoms with E-state index < -0.39 is 21.3 Å². The molecule has 0 aliphatic heterocycles. The van der Waals surface area contributed by atoms with Crippen molar-refractivity contribution < 1.29 is 17.2 Å². The standard InChI is InChI=1S/C10H12BrF2NO2S/c1-10(7-11,8-5-3-2-4-6-8)14-17(15,16)9(12)13/h2-6,9,14H,7H2,1H3. The monoisotopic (exact) mass is 327 g/mol. The highest BCUT2D eigenvalue weighted by Gasteiger charge is 2.35. The van der Waals surface area contributed by atoms with Crippen molar-refractivity contribution in [2.24, 2.45) is 0 Å². The third-order valence-electron chi connectivity index (χ3n) is 2.28. The van der Waals surface area contributed by atoms with Gasteiger partial charge in [0.2, 0.25) is 0 Å². The Morgan fingerprint density at radius 3 is 2.29 bits per heavy atom. The lowest BCUT2D eigenvalue weighted by Gasteiger charge is -2.28. The molecule has 1 unspecified atom stereocenters. The Bertz CT molecular complexity index is 466. The fraction of sp³-hybridized carbons (Fsp3) is 0.400. The molecule has 0 heterocycles. The third-order valence-corrected chi connectivity index (χ3v) is 4.61. The van der Waals surface area contributed by atoms with Crippen molar-refractivity contribution in [3.63, 3.8) is 0 Å². The predicted molar refractivity (Wildman–Crippen MR) is 65.6 cm³/mol. The van der Waals surface area contributed by atoms with Crippen LogP contribution in [0.1, 0.15) is 12.5 Å². The minimum absolute atomic E-state index is 0.190. The molecule has 7 heteroatoms. The van der Waals surface area contributed by atoms with E-state index in [1.54, 1.807) is 30.3 Å². The van der Waals surface area contributed by atoms with Crippen LogP contribution >= 0.6 is 15.9 Å². The highest BCUT2D eigenvalue weighted by atomic mass is 79.9. The molecule has 0 spiro atoms. The Morgan fingerprint density at radius 2 is 1.88 bits per heavy atom. The molecule has 1 N–H and O–H groups in total. The molecule has 96 valence electrons. The van der Waals surface area contributed by atoms with Gasteiger partial charge in [0, 0.05) is 5.33 Å². The molecular formula is C10H12BrF2NO2S. The normalized spacial score (nSPS) is 15.8. The molecule has 1 rings (SSSR count). The van der Waals surface area contributed by atoms with Crippen molar-refractivity contribution >= 4 is 26.0 Å². The highest BCUT2D eigenvalue weighted by Crippen LogP contribution is 2.25. The van der Waals surface area contributed by atoms with E-state index in [4.69, 9.17) is 0 Å². The fourth-order valence-electron chi connectivity index (χ4n) is 1.33. The molecule has 0 saturated heterocycles. The zero-order valence-corrected chi connectivity index (χ0v) is 11.4. The van der Waals surface area contributed by atoms with Gasteiger partial charge in [0.25, 0.3) is 10.0 Å². The Hall–Kier alpha value is -0.530. The lowest BCUT2D eigenvalue weighted by molar-refractivity contribution is 0.229. The van der Waals surface area contributed by atoms with Crippen LogP contribution in [-0.2, 0) is 15.6 Å². The van der Waals surface area contributed by atoms with E-state index in [-0.39, 0.29) is 5.33 Å². The number of sulfonamides is 1. The maximum absolute atomic E-state index is 12.3. The van der Waals surface area contributed by atoms with Crippen molar-refractivity contribution in [3.8, 4) is 0 Å². The summed E-state index contributed by atoms with van der Waals surface area (Å²) in [6, 6.07) is 8.55. The number of nitrogens with one attached hydrogen (secondary N) is 1. The molecule has 0 bridgehead atoms. The second-order valence-electron chi connectivity index (χ2n) is 3.74. The van der Waals surface area contributed by atoms with Crippen LogP contribution in [0.25, 0.3) is 0 Å². The Morgan fingerprint density at radius 1 is 1.35 bits per heavy atom. The van der Waals surface area contributed by atoms with Gasteiger partial charge in [-0.05, 0) is 12.5 Å². The van der Waals surface area contributed by atoms with Gasteiger partial charge >= 0.3 is 5.76 Å². The van der Waals surface area contributed by atoms with Crippen molar-refractivity contribution in [3.05, 3.63) is 35.9 Å². The van der Waals surface area contributed by atoms with Crippen LogP contribution in [0.5, 0.6) is 0 Å². The van der Waals surface area contributed by atoms with Gasteiger partial charge < -0.3 is 0 Å². The molecule has 0 saturated carbocycles. The zero-order chi connectivity index (χ0) is 13.1. The lowest BCUT2D eigenvalue weighted by Crippen LogP contribution is -2.46. The number of hydrogen-bond donors (Lipinski definition) is 1. The van der Waals surface area contributed by atoms with Crippen molar-refractivity contribution in [2.45, 2.75) is 18.2 Å². The van der Waals surface area contributed by atoms with Gasteiger partial charge in [0.15, 0.2) is 0 Å². The van der Waals surface area contributed by atoms with Crippen LogP contribution in [0.2, 0.25) is 0 Å². The molecule has 0 aliphatic rings. The first-order chi connectivity index (χ1) is 7.82. The minimum atomic E-state index is -4.63. The summed E-state index contributed by atoms with van der Waals surface area (Å²) in [5.74, 6) is -3.44. The van der Waals surface area contributed by atoms with Crippen LogP contribution in [0, 0.1) is 0 Å². The lowest BCUT2D eigenvalue weighted by atomic mass is 9.96. The molecular weight excluding hydrogens is 316 g/mol. The Balaban J connectivity index is 3.07. The van der Waals surface area contributed by atoms with E-state index in [2.05, 4.69) is 15.9 Å². The summed E-state index contributed by atoms with van der Waals surface area (Å²) < 4.78 is 49.1. The molecule has 17 heavy (non-hydrogen) atoms. The predicted octanol–water partition coefficient (Wildman–Crippen LogP) is 2.44. The molecule has 1 atom stereocenters. The first kappa shape index (κ1) is 14.5. The van der Waals surface area contributed by atoms with Crippen LogP contribution in [-0.4, -0.2) is 19.5 Å². The number of rotatable bonds is 5. The summed E-state index contributed by atoms with van der Waals surface area (Å²) in [7, 11) is -4.63. The molecule has 0 aromatic heterocycles. The molecule has 3 nitrogen and oxygen atoms in total. The summed E-state index contributed by atoms with van der Waals surface area (Å²) in [5.41, 5.74) is -0.489. The summed E-state index contributed by atoms with van der Waals surface area (Å²) in [4.78, 5) is 0. The molecule has 1 aromatic rings. The first-order valence-electron chi connectivity index (χ1n) is 4.74. The van der Waals surface area contributed by atoms with Crippen LogP contribution in [0.3, 0.4) is 0 Å². The molecule has 1 aromatic carbocycles. The summed E-state index contributed by atoms with van der Waals surface area (Å²) >= 11 is 3.14. The summed E-state index contributed by atoms with van der Waals surface area (Å²) in [6.07, 6.45) is 0. The van der Waals surface area contributed by atoms with E-state index >= 15 is 0 Å². The molecule has 0 radical (unpaired) electrons. The average molecular weight is 328 g/mol. The molecule has 0 aliphatic carbocycles. The van der Waals surface area contributed by atoms with Gasteiger partial charge in [0.05, 0.1) is 5.54 Å². The second kappa shape index (κ2) is 5.41. The summed E-state index contributed by atoms with van der Waals surface area (Å²) in [6.45, 7) is 1.54. The van der Waals surface area contributed by atoms with Crippen molar-refractivity contribution in [1.29, 1.82) is 0 Å². The Kier molecular flexibility index (Phi) is 4.62. The largest absolute Gasteiger partial charge is 0.350 e. The van der Waals surface area contributed by atoms with Crippen LogP contribution in [0.15, 0.2) is 30.3 Å². The van der Waals surface area contributed by atoms with E-state index in [1.807, 2.05) is 4.72 Å². The fourth-order valence-corrected chi connectivity index (χ4v) is 2.88. The highest BCUT2D eigenvalue weighted by molar-refractivity contribution is 9.09. The number of alkyl halides is 3. The van der Waals surface area contributed by atoms with E-state index in [0.29, 0.717) is 5.56 Å². The van der Waals surface area contributed by atoms with Gasteiger partial charge in [-0.2, -0.15) is 13.5 Å². The van der Waals surface area contributed by atoms with Crippen LogP contribution in [0.4, 0.5) is 8.78 Å². The van der Waals surface area contributed by atoms with Gasteiger partial charge in [-0.25, -0.2) is 8.42 Å². The zero-order valence-electron chi connectivity index (χ0n) is 9.03. The van der Waals surface area contributed by atoms with Gasteiger partial charge in [0.1, 0.15) is 0 Å². The van der Waals surface area contributed by atoms with Crippen molar-refractivity contribution in [2.75, 3.05) is 5.33 Å². The van der Waals surface area contributed by atoms with Gasteiger partial charge in [-0.15, -0.1) is 0 Å². The number of benzene rings is 1. The minimum Gasteiger partial charge on any atom is -0.206 e. The van der Waals surface area contributed by atoms with Crippen LogP contribution < -0.4 is 4.72 Å². The maximum atomic E-state index is 12.3. The van der Waals surface area contributed by atoms with E-state index in [9.17, 15) is 17.2 Å². The quantitative estimate of drug-likeness (QED) is 0.844. The second-order valence-corrected chi connectivity index (χ2v) is 5.95. The SMILES string of the molecule is CC(CBr)(NS(=O)(=O)C(F)F)c1ccccc1. The maximum Gasteiger partial charge on any atom is 0.350 e. The molecule has 0 amide bonds.